The number of anilines is 2. The summed E-state index contributed by atoms with van der Waals surface area (Å²) in [6, 6.07) is 14.4. The number of alkyl halides is 6. The Bertz CT molecular complexity index is 1750. The van der Waals surface area contributed by atoms with E-state index >= 15 is 0 Å². The van der Waals surface area contributed by atoms with Gasteiger partial charge in [0.25, 0.3) is 16.8 Å². The zero-order valence-electron chi connectivity index (χ0n) is 24.0. The first-order valence-corrected chi connectivity index (χ1v) is 14.5. The first-order valence-electron chi connectivity index (χ1n) is 13.4. The van der Waals surface area contributed by atoms with E-state index in [-0.39, 0.29) is 17.4 Å². The molecule has 0 unspecified atom stereocenters. The number of amides is 1. The van der Waals surface area contributed by atoms with Gasteiger partial charge in [0.05, 0.1) is 28.0 Å². The van der Waals surface area contributed by atoms with Crippen LogP contribution in [0.2, 0.25) is 0 Å². The Kier molecular flexibility index (Phi) is 9.29. The van der Waals surface area contributed by atoms with Crippen molar-refractivity contribution >= 4 is 28.3 Å². The average molecular weight is 652 g/mol. The molecule has 4 aromatic carbocycles. The lowest BCUT2D eigenvalue weighted by atomic mass is 9.92. The Hall–Kier alpha value is -4.46. The van der Waals surface area contributed by atoms with Crippen molar-refractivity contribution in [2.75, 3.05) is 10.0 Å². The molecule has 3 N–H and O–H groups in total. The monoisotopic (exact) mass is 651 g/mol. The Morgan fingerprint density at radius 3 is 1.58 bits per heavy atom. The fourth-order valence-corrected chi connectivity index (χ4v) is 5.06. The van der Waals surface area contributed by atoms with E-state index in [1.807, 2.05) is 0 Å². The molecule has 1 amide bonds. The van der Waals surface area contributed by atoms with Gasteiger partial charge >= 0.3 is 12.4 Å². The van der Waals surface area contributed by atoms with E-state index in [1.54, 1.807) is 81.4 Å². The third-order valence-electron chi connectivity index (χ3n) is 6.75. The summed E-state index contributed by atoms with van der Waals surface area (Å²) in [6.45, 7) is 4.92. The molecule has 4 rings (SSSR count). The molecule has 0 bridgehead atoms. The Morgan fingerprint density at radius 2 is 1.13 bits per heavy atom. The fourth-order valence-electron chi connectivity index (χ4n) is 4.38. The van der Waals surface area contributed by atoms with Crippen LogP contribution in [-0.4, -0.2) is 14.9 Å². The third kappa shape index (κ3) is 7.62. The lowest BCUT2D eigenvalue weighted by molar-refractivity contribution is -0.143. The van der Waals surface area contributed by atoms with Crippen LogP contribution in [0.4, 0.5) is 37.7 Å². The molecule has 0 aliphatic carbocycles. The molecule has 45 heavy (non-hydrogen) atoms. The van der Waals surface area contributed by atoms with Crippen LogP contribution >= 0.6 is 0 Å². The maximum atomic E-state index is 13.5. The molecule has 0 heterocycles. The normalized spacial score (nSPS) is 14.4. The molecule has 0 fully saturated rings. The molecule has 0 saturated carbocycles. The van der Waals surface area contributed by atoms with Crippen molar-refractivity contribution < 1.29 is 35.3 Å². The lowest BCUT2D eigenvalue weighted by Gasteiger charge is -2.32. The maximum absolute atomic E-state index is 13.5. The third-order valence-corrected chi connectivity index (χ3v) is 8.25. The second kappa shape index (κ2) is 12.5. The first kappa shape index (κ1) is 33.4. The smallest absolute Gasteiger partial charge is 0.371 e. The molecule has 4 aromatic rings. The Labute approximate surface area is 256 Å². The van der Waals surface area contributed by atoms with Crippen LogP contribution in [0.3, 0.4) is 0 Å². The van der Waals surface area contributed by atoms with Crippen molar-refractivity contribution in [2.24, 2.45) is 0 Å². The maximum Gasteiger partial charge on any atom is 0.416 e. The van der Waals surface area contributed by atoms with Gasteiger partial charge in [-0.2, -0.15) is 26.3 Å². The van der Waals surface area contributed by atoms with Gasteiger partial charge in [-0.15, -0.1) is 0 Å². The van der Waals surface area contributed by atoms with Gasteiger partial charge in [-0.25, -0.2) is 4.21 Å². The quantitative estimate of drug-likeness (QED) is 0.141. The number of nitrogens with one attached hydrogen (secondary N) is 3. The molecule has 0 aliphatic rings. The van der Waals surface area contributed by atoms with Gasteiger partial charge in [-0.05, 0) is 50.1 Å². The van der Waals surface area contributed by atoms with E-state index in [4.69, 9.17) is 0 Å². The van der Waals surface area contributed by atoms with E-state index < -0.39 is 73.6 Å². The highest BCUT2D eigenvalue weighted by Gasteiger charge is 2.38. The van der Waals surface area contributed by atoms with Gasteiger partial charge in [-0.3, -0.25) is 19.1 Å². The molecule has 0 aliphatic heterocycles. The largest absolute Gasteiger partial charge is 0.416 e. The highest BCUT2D eigenvalue weighted by Crippen LogP contribution is 2.38. The summed E-state index contributed by atoms with van der Waals surface area (Å²) in [5, 5.41) is 5.45. The Balaban J connectivity index is 1.82. The van der Waals surface area contributed by atoms with E-state index in [9.17, 15) is 44.9 Å². The minimum absolute atomic E-state index is 0.0818. The van der Waals surface area contributed by atoms with Gasteiger partial charge in [0.1, 0.15) is 22.4 Å². The predicted octanol–water partition coefficient (Wildman–Crippen LogP) is 6.52. The standard InChI is InChI=1S/C31H27F6N3O4S/c1-29(2,3)45(44)40-25-24(26(41)27(25)42)38-22(17-10-6-4-7-11-17)23(18-12-8-5-9-13-18)39-28(43)19-14-20(30(32,33)34)16-21(15-19)31(35,36)37/h4-16,22-23,38,40H,1-3H3,(H,39,43)/t22-,23-,45+/m0/s1. The summed E-state index contributed by atoms with van der Waals surface area (Å²) >= 11 is 0. The van der Waals surface area contributed by atoms with Gasteiger partial charge in [-0.1, -0.05) is 60.7 Å². The molecule has 0 radical (unpaired) electrons. The molecule has 238 valence electrons. The van der Waals surface area contributed by atoms with E-state index in [0.717, 1.165) is 0 Å². The summed E-state index contributed by atoms with van der Waals surface area (Å²) < 4.78 is 95.7. The SMILES string of the molecule is CC(C)(C)[S@@](=O)Nc1c(N[C@@H](c2ccccc2)[C@@H](NC(=O)c2cc(C(F)(F)F)cc(C(F)(F)F)c2)c2ccccc2)c(=O)c1=O. The topological polar surface area (TPSA) is 104 Å². The van der Waals surface area contributed by atoms with Gasteiger partial charge < -0.3 is 10.6 Å². The number of hydrogen-bond donors (Lipinski definition) is 3. The minimum atomic E-state index is -5.18. The number of rotatable bonds is 9. The number of carbonyl (C=O) groups is 1. The second-order valence-electron chi connectivity index (χ2n) is 11.1. The van der Waals surface area contributed by atoms with Gasteiger partial charge in [0.15, 0.2) is 0 Å². The number of halogens is 6. The first-order chi connectivity index (χ1) is 20.9. The fraction of sp³-hybridized carbons (Fsp3) is 0.258. The lowest BCUT2D eigenvalue weighted by Crippen LogP contribution is -2.43. The zero-order valence-corrected chi connectivity index (χ0v) is 24.8. The average Bonchev–Trinajstić information content (AvgIpc) is 2.98. The van der Waals surface area contributed by atoms with E-state index in [2.05, 4.69) is 15.4 Å². The van der Waals surface area contributed by atoms with Crippen LogP contribution in [0.1, 0.15) is 65.5 Å². The molecule has 0 aromatic heterocycles. The highest BCUT2D eigenvalue weighted by atomic mass is 32.2. The summed E-state index contributed by atoms with van der Waals surface area (Å²) in [5.74, 6) is -1.26. The number of benzene rings is 3. The molecule has 0 spiro atoms. The zero-order chi connectivity index (χ0) is 33.3. The summed E-state index contributed by atoms with van der Waals surface area (Å²) in [6.07, 6.45) is -10.4. The van der Waals surface area contributed by atoms with Crippen LogP contribution in [0, 0.1) is 0 Å². The highest BCUT2D eigenvalue weighted by molar-refractivity contribution is 7.87. The molecular weight excluding hydrogens is 624 g/mol. The molecule has 0 saturated heterocycles. The van der Waals surface area contributed by atoms with Gasteiger partial charge in [0, 0.05) is 5.56 Å². The van der Waals surface area contributed by atoms with Gasteiger partial charge in [0.2, 0.25) is 0 Å². The number of hydrogen-bond acceptors (Lipinski definition) is 5. The van der Waals surface area contributed by atoms with Crippen molar-refractivity contribution in [2.45, 2.75) is 50.0 Å². The molecule has 14 heteroatoms. The predicted molar refractivity (Wildman–Crippen MR) is 159 cm³/mol. The van der Waals surface area contributed by atoms with E-state index in [1.165, 1.54) is 0 Å². The van der Waals surface area contributed by atoms with Crippen molar-refractivity contribution in [3.05, 3.63) is 127 Å². The van der Waals surface area contributed by atoms with Crippen molar-refractivity contribution in [1.29, 1.82) is 0 Å². The molecular formula is C31H27F6N3O4S. The molecule has 3 atom stereocenters. The van der Waals surface area contributed by atoms with Crippen molar-refractivity contribution in [3.63, 3.8) is 0 Å². The minimum Gasteiger partial charge on any atom is -0.371 e. The summed E-state index contributed by atoms with van der Waals surface area (Å²) in [5.41, 5.74) is -5.84. The van der Waals surface area contributed by atoms with Crippen LogP contribution in [-0.2, 0) is 23.3 Å². The van der Waals surface area contributed by atoms with Crippen molar-refractivity contribution in [3.8, 4) is 0 Å². The van der Waals surface area contributed by atoms with Crippen molar-refractivity contribution in [1.82, 2.24) is 5.32 Å². The van der Waals surface area contributed by atoms with Crippen LogP contribution in [0.5, 0.6) is 0 Å². The Morgan fingerprint density at radius 1 is 0.689 bits per heavy atom. The second-order valence-corrected chi connectivity index (χ2v) is 13.0. The summed E-state index contributed by atoms with van der Waals surface area (Å²) in [7, 11) is -1.81. The summed E-state index contributed by atoms with van der Waals surface area (Å²) in [4.78, 5) is 38.7. The van der Waals surface area contributed by atoms with E-state index in [0.29, 0.717) is 23.3 Å². The van der Waals surface area contributed by atoms with Crippen LogP contribution < -0.4 is 26.2 Å². The van der Waals surface area contributed by atoms with Crippen LogP contribution in [0.15, 0.2) is 88.5 Å². The number of carbonyl (C=O) groups excluding carboxylic acids is 1. The van der Waals surface area contributed by atoms with Crippen LogP contribution in [0.25, 0.3) is 0 Å². The molecule has 7 nitrogen and oxygen atoms in total.